The van der Waals surface area contributed by atoms with Crippen molar-refractivity contribution in [3.8, 4) is 0 Å². The summed E-state index contributed by atoms with van der Waals surface area (Å²) < 4.78 is 6.26. The summed E-state index contributed by atoms with van der Waals surface area (Å²) >= 11 is 3.50. The van der Waals surface area contributed by atoms with Gasteiger partial charge in [-0.3, -0.25) is 0 Å². The van der Waals surface area contributed by atoms with Crippen LogP contribution in [0.3, 0.4) is 0 Å². The van der Waals surface area contributed by atoms with Crippen LogP contribution >= 0.6 is 15.9 Å². The standard InChI is InChI=1S/C13H21BrN2O/c1-9(8-17-4)16(3)13-7-11(14)5-6-12(13)10(2)15/h5-7,9-10H,8,15H2,1-4H3. The lowest BCUT2D eigenvalue weighted by molar-refractivity contribution is 0.183. The Morgan fingerprint density at radius 2 is 2.06 bits per heavy atom. The Morgan fingerprint density at radius 1 is 1.41 bits per heavy atom. The topological polar surface area (TPSA) is 38.5 Å². The normalized spacial score (nSPS) is 14.5. The van der Waals surface area contributed by atoms with Gasteiger partial charge in [0.05, 0.1) is 6.61 Å². The first-order valence-electron chi connectivity index (χ1n) is 5.74. The zero-order valence-corrected chi connectivity index (χ0v) is 12.5. The van der Waals surface area contributed by atoms with Crippen molar-refractivity contribution in [1.29, 1.82) is 0 Å². The number of benzene rings is 1. The molecule has 3 nitrogen and oxygen atoms in total. The largest absolute Gasteiger partial charge is 0.383 e. The maximum absolute atomic E-state index is 6.00. The highest BCUT2D eigenvalue weighted by molar-refractivity contribution is 9.10. The molecule has 0 aromatic heterocycles. The van der Waals surface area contributed by atoms with Gasteiger partial charge in [-0.1, -0.05) is 22.0 Å². The minimum Gasteiger partial charge on any atom is -0.383 e. The molecule has 4 heteroatoms. The molecule has 0 aliphatic rings. The molecular formula is C13H21BrN2O. The number of halogens is 1. The molecule has 2 unspecified atom stereocenters. The molecule has 1 rings (SSSR count). The second-order valence-corrected chi connectivity index (χ2v) is 5.32. The monoisotopic (exact) mass is 300 g/mol. The van der Waals surface area contributed by atoms with Gasteiger partial charge in [-0.25, -0.2) is 0 Å². The third-order valence-corrected chi connectivity index (χ3v) is 3.43. The Balaban J connectivity index is 3.05. The van der Waals surface area contributed by atoms with Crippen molar-refractivity contribution in [3.63, 3.8) is 0 Å². The van der Waals surface area contributed by atoms with E-state index in [1.165, 1.54) is 0 Å². The van der Waals surface area contributed by atoms with E-state index in [1.54, 1.807) is 7.11 Å². The fraction of sp³-hybridized carbons (Fsp3) is 0.538. The van der Waals surface area contributed by atoms with Crippen molar-refractivity contribution < 1.29 is 4.74 Å². The molecule has 0 heterocycles. The molecule has 17 heavy (non-hydrogen) atoms. The zero-order valence-electron chi connectivity index (χ0n) is 10.9. The van der Waals surface area contributed by atoms with Crippen LogP contribution in [0.5, 0.6) is 0 Å². The average Bonchev–Trinajstić information content (AvgIpc) is 2.27. The summed E-state index contributed by atoms with van der Waals surface area (Å²) in [4.78, 5) is 2.20. The van der Waals surface area contributed by atoms with Gasteiger partial charge >= 0.3 is 0 Å². The number of ether oxygens (including phenoxy) is 1. The molecule has 1 aromatic carbocycles. The molecule has 0 fully saturated rings. The van der Waals surface area contributed by atoms with Crippen LogP contribution in [-0.4, -0.2) is 26.8 Å². The fourth-order valence-electron chi connectivity index (χ4n) is 1.80. The quantitative estimate of drug-likeness (QED) is 0.909. The highest BCUT2D eigenvalue weighted by atomic mass is 79.9. The number of hydrogen-bond acceptors (Lipinski definition) is 3. The minimum atomic E-state index is 0.0234. The third-order valence-electron chi connectivity index (χ3n) is 2.93. The average molecular weight is 301 g/mol. The van der Waals surface area contributed by atoms with Gasteiger partial charge in [-0.05, 0) is 31.5 Å². The molecule has 0 saturated carbocycles. The maximum Gasteiger partial charge on any atom is 0.0663 e. The van der Waals surface area contributed by atoms with Gasteiger partial charge < -0.3 is 15.4 Å². The molecule has 0 amide bonds. The summed E-state index contributed by atoms with van der Waals surface area (Å²) in [5.41, 5.74) is 8.31. The van der Waals surface area contributed by atoms with E-state index in [0.29, 0.717) is 12.6 Å². The molecule has 0 spiro atoms. The highest BCUT2D eigenvalue weighted by Gasteiger charge is 2.15. The molecule has 0 aliphatic heterocycles. The van der Waals surface area contributed by atoms with Crippen molar-refractivity contribution >= 4 is 21.6 Å². The number of nitrogens with two attached hydrogens (primary N) is 1. The number of anilines is 1. The van der Waals surface area contributed by atoms with Crippen molar-refractivity contribution in [2.75, 3.05) is 25.7 Å². The summed E-state index contributed by atoms with van der Waals surface area (Å²) in [6, 6.07) is 6.53. The van der Waals surface area contributed by atoms with Gasteiger partial charge in [0.15, 0.2) is 0 Å². The van der Waals surface area contributed by atoms with Crippen LogP contribution in [0.25, 0.3) is 0 Å². The third kappa shape index (κ3) is 3.69. The molecule has 2 atom stereocenters. The second-order valence-electron chi connectivity index (χ2n) is 4.41. The van der Waals surface area contributed by atoms with Crippen molar-refractivity contribution in [2.24, 2.45) is 5.73 Å². The molecular weight excluding hydrogens is 280 g/mol. The minimum absolute atomic E-state index is 0.0234. The lowest BCUT2D eigenvalue weighted by Gasteiger charge is -2.29. The number of nitrogens with zero attached hydrogens (tertiary/aromatic N) is 1. The van der Waals surface area contributed by atoms with E-state index >= 15 is 0 Å². The first kappa shape index (κ1) is 14.5. The van der Waals surface area contributed by atoms with Crippen LogP contribution in [-0.2, 0) is 4.74 Å². The van der Waals surface area contributed by atoms with Crippen LogP contribution in [0.15, 0.2) is 22.7 Å². The van der Waals surface area contributed by atoms with Gasteiger partial charge in [-0.15, -0.1) is 0 Å². The number of rotatable bonds is 5. The van der Waals surface area contributed by atoms with Crippen molar-refractivity contribution in [3.05, 3.63) is 28.2 Å². The summed E-state index contributed by atoms with van der Waals surface area (Å²) in [6.07, 6.45) is 0. The van der Waals surface area contributed by atoms with E-state index in [9.17, 15) is 0 Å². The van der Waals surface area contributed by atoms with Gasteiger partial charge in [0.2, 0.25) is 0 Å². The lowest BCUT2D eigenvalue weighted by Crippen LogP contribution is -2.33. The number of methoxy groups -OCH3 is 1. The van der Waals surface area contributed by atoms with Crippen LogP contribution in [0.4, 0.5) is 5.69 Å². The van der Waals surface area contributed by atoms with E-state index in [2.05, 4.69) is 46.9 Å². The Labute approximate surface area is 112 Å². The van der Waals surface area contributed by atoms with Crippen molar-refractivity contribution in [2.45, 2.75) is 25.9 Å². The number of likely N-dealkylation sites (N-methyl/N-ethyl adjacent to an activating group) is 1. The second kappa shape index (κ2) is 6.38. The van der Waals surface area contributed by atoms with E-state index in [-0.39, 0.29) is 6.04 Å². The summed E-state index contributed by atoms with van der Waals surface area (Å²) in [5.74, 6) is 0. The van der Waals surface area contributed by atoms with Crippen LogP contribution in [0, 0.1) is 0 Å². The number of hydrogen-bond donors (Lipinski definition) is 1. The molecule has 0 saturated heterocycles. The predicted molar refractivity (Wildman–Crippen MR) is 76.5 cm³/mol. The van der Waals surface area contributed by atoms with Gasteiger partial charge in [0.1, 0.15) is 0 Å². The fourth-order valence-corrected chi connectivity index (χ4v) is 2.15. The molecule has 0 aliphatic carbocycles. The van der Waals surface area contributed by atoms with E-state index in [1.807, 2.05) is 13.0 Å². The summed E-state index contributed by atoms with van der Waals surface area (Å²) in [6.45, 7) is 4.83. The summed E-state index contributed by atoms with van der Waals surface area (Å²) in [5, 5.41) is 0. The van der Waals surface area contributed by atoms with Gasteiger partial charge in [-0.2, -0.15) is 0 Å². The first-order chi connectivity index (χ1) is 7.97. The van der Waals surface area contributed by atoms with E-state index in [0.717, 1.165) is 15.7 Å². The van der Waals surface area contributed by atoms with Crippen LogP contribution in [0.2, 0.25) is 0 Å². The Hall–Kier alpha value is -0.580. The molecule has 0 bridgehead atoms. The summed E-state index contributed by atoms with van der Waals surface area (Å²) in [7, 11) is 3.79. The molecule has 2 N–H and O–H groups in total. The zero-order chi connectivity index (χ0) is 13.0. The SMILES string of the molecule is COCC(C)N(C)c1cc(Br)ccc1C(C)N. The van der Waals surface area contributed by atoms with Gasteiger partial charge in [0, 0.05) is 36.4 Å². The highest BCUT2D eigenvalue weighted by Crippen LogP contribution is 2.29. The van der Waals surface area contributed by atoms with Crippen molar-refractivity contribution in [1.82, 2.24) is 0 Å². The predicted octanol–water partition coefficient (Wildman–Crippen LogP) is 2.94. The Morgan fingerprint density at radius 3 is 2.59 bits per heavy atom. The first-order valence-corrected chi connectivity index (χ1v) is 6.53. The molecule has 1 aromatic rings. The smallest absolute Gasteiger partial charge is 0.0663 e. The van der Waals surface area contributed by atoms with E-state index < -0.39 is 0 Å². The molecule has 0 radical (unpaired) electrons. The Kier molecular flexibility index (Phi) is 5.43. The van der Waals surface area contributed by atoms with Crippen LogP contribution in [0.1, 0.15) is 25.5 Å². The molecule has 96 valence electrons. The Bertz CT molecular complexity index is 368. The van der Waals surface area contributed by atoms with E-state index in [4.69, 9.17) is 10.5 Å². The lowest BCUT2D eigenvalue weighted by atomic mass is 10.1. The van der Waals surface area contributed by atoms with Gasteiger partial charge in [0.25, 0.3) is 0 Å². The maximum atomic E-state index is 6.00. The van der Waals surface area contributed by atoms with Crippen LogP contribution < -0.4 is 10.6 Å².